The van der Waals surface area contributed by atoms with Gasteiger partial charge in [0.05, 0.1) is 21.9 Å². The fourth-order valence-corrected chi connectivity index (χ4v) is 18.6. The van der Waals surface area contributed by atoms with Gasteiger partial charge in [-0.2, -0.15) is 0 Å². The Bertz CT molecular complexity index is 8780. The van der Waals surface area contributed by atoms with E-state index in [0.29, 0.717) is 0 Å². The fourth-order valence-electron chi connectivity index (χ4n) is 18.6. The molecule has 117 heavy (non-hydrogen) atoms. The van der Waals surface area contributed by atoms with Crippen LogP contribution in [0.1, 0.15) is 0 Å². The lowest BCUT2D eigenvalue weighted by Gasteiger charge is -2.09. The second-order valence-electron chi connectivity index (χ2n) is 30.5. The molecule has 0 fully saturated rings. The van der Waals surface area contributed by atoms with Gasteiger partial charge in [-0.15, -0.1) is 0 Å². The van der Waals surface area contributed by atoms with Gasteiger partial charge in [0.15, 0.2) is 16.7 Å². The highest BCUT2D eigenvalue weighted by atomic mass is 16.4. The molecule has 0 amide bonds. The van der Waals surface area contributed by atoms with Gasteiger partial charge >= 0.3 is 0 Å². The standard InChI is InChI=1S/3C36H21NO2/c1-2-11-25(12-3-1)37-30-15-7-6-13-28(30)36-35(37)34-26(14-8-16-31(34)39-36)24-17-18-27-29-19-22-9-4-5-10-23(22)20-33(29)38-32(27)21-24;1-2-10-24(11-3-1)37-30-16-7-6-13-27(30)36-34(37)29-15-8-14-26(35(29)39-36)23-17-19-28-32(21-23)38-31-20-18-22-9-4-5-12-25(22)33(28)31;1-2-10-26(11-3-1)37-31-13-7-6-12-28(31)36-35(37)30-19-24(15-17-32(30)39-36)25-14-16-27-29-18-22-8-4-5-9-23(22)20-34(29)38-33(27)21-25/h3*1-21H. The van der Waals surface area contributed by atoms with E-state index < -0.39 is 0 Å². The predicted molar refractivity (Wildman–Crippen MR) is 482 cm³/mol. The van der Waals surface area contributed by atoms with E-state index in [9.17, 15) is 0 Å². The van der Waals surface area contributed by atoms with Gasteiger partial charge in [0.25, 0.3) is 0 Å². The molecule has 0 saturated carbocycles. The molecule has 9 aromatic heterocycles. The van der Waals surface area contributed by atoms with Crippen LogP contribution in [0.2, 0.25) is 0 Å². The molecule has 27 rings (SSSR count). The number of aromatic nitrogens is 3. The van der Waals surface area contributed by atoms with E-state index >= 15 is 0 Å². The van der Waals surface area contributed by atoms with E-state index in [4.69, 9.17) is 26.5 Å². The van der Waals surface area contributed by atoms with Crippen molar-refractivity contribution in [3.63, 3.8) is 0 Å². The number of benzene rings is 18. The van der Waals surface area contributed by atoms with E-state index in [1.54, 1.807) is 0 Å². The third-order valence-electron chi connectivity index (χ3n) is 23.9. The van der Waals surface area contributed by atoms with E-state index in [-0.39, 0.29) is 0 Å². The summed E-state index contributed by atoms with van der Waals surface area (Å²) in [4.78, 5) is 0. The summed E-state index contributed by atoms with van der Waals surface area (Å²) in [7, 11) is 0. The van der Waals surface area contributed by atoms with Crippen LogP contribution < -0.4 is 0 Å². The maximum absolute atomic E-state index is 6.73. The van der Waals surface area contributed by atoms with Crippen molar-refractivity contribution in [3.8, 4) is 50.4 Å². The zero-order valence-electron chi connectivity index (χ0n) is 62.7. The zero-order chi connectivity index (χ0) is 76.5. The predicted octanol–water partition coefficient (Wildman–Crippen LogP) is 30.7. The molecule has 0 N–H and O–H groups in total. The van der Waals surface area contributed by atoms with Crippen molar-refractivity contribution in [1.82, 2.24) is 13.7 Å². The van der Waals surface area contributed by atoms with Crippen LogP contribution in [0.15, 0.2) is 409 Å². The van der Waals surface area contributed by atoms with Gasteiger partial charge in [-0.1, -0.05) is 218 Å². The first-order valence-corrected chi connectivity index (χ1v) is 39.6. The molecule has 0 aliphatic heterocycles. The minimum Gasteiger partial charge on any atom is -0.456 e. The van der Waals surface area contributed by atoms with Crippen LogP contribution in [0, 0.1) is 0 Å². The molecule has 0 unspecified atom stereocenters. The molecule has 0 bridgehead atoms. The van der Waals surface area contributed by atoms with Gasteiger partial charge in [-0.25, -0.2) is 0 Å². The molecular formula is C108H63N3O6. The van der Waals surface area contributed by atoms with Gasteiger partial charge in [-0.05, 0) is 224 Å². The Hall–Kier alpha value is -15.8. The highest BCUT2D eigenvalue weighted by Crippen LogP contribution is 2.48. The van der Waals surface area contributed by atoms with Gasteiger partial charge in [0.2, 0.25) is 0 Å². The van der Waals surface area contributed by atoms with Crippen molar-refractivity contribution in [3.05, 3.63) is 382 Å². The van der Waals surface area contributed by atoms with Crippen molar-refractivity contribution in [1.29, 1.82) is 0 Å². The highest BCUT2D eigenvalue weighted by molar-refractivity contribution is 6.24. The maximum Gasteiger partial charge on any atom is 0.161 e. The lowest BCUT2D eigenvalue weighted by molar-refractivity contribution is 0.668. The van der Waals surface area contributed by atoms with Crippen LogP contribution in [0.5, 0.6) is 0 Å². The van der Waals surface area contributed by atoms with E-state index in [0.717, 1.165) is 210 Å². The van der Waals surface area contributed by atoms with Crippen LogP contribution in [0.4, 0.5) is 0 Å². The van der Waals surface area contributed by atoms with E-state index in [1.165, 1.54) is 37.7 Å². The normalized spacial score (nSPS) is 12.1. The zero-order valence-corrected chi connectivity index (χ0v) is 62.7. The third kappa shape index (κ3) is 9.97. The summed E-state index contributed by atoms with van der Waals surface area (Å²) in [5, 5.41) is 20.7. The van der Waals surface area contributed by atoms with Crippen LogP contribution >= 0.6 is 0 Å². The van der Waals surface area contributed by atoms with E-state index in [2.05, 4.69) is 396 Å². The first kappa shape index (κ1) is 64.8. The summed E-state index contributed by atoms with van der Waals surface area (Å²) in [6.45, 7) is 0. The third-order valence-corrected chi connectivity index (χ3v) is 23.9. The van der Waals surface area contributed by atoms with Crippen molar-refractivity contribution >= 4 is 197 Å². The second-order valence-corrected chi connectivity index (χ2v) is 30.5. The average Bonchev–Trinajstić information content (AvgIpc) is 1.56. The first-order valence-electron chi connectivity index (χ1n) is 39.6. The monoisotopic (exact) mass is 1500 g/mol. The lowest BCUT2D eigenvalue weighted by Crippen LogP contribution is -1.93. The van der Waals surface area contributed by atoms with Crippen LogP contribution in [-0.4, -0.2) is 13.7 Å². The Kier molecular flexibility index (Phi) is 14.0. The second kappa shape index (κ2) is 25.3. The topological polar surface area (TPSA) is 93.6 Å². The number of nitrogens with zero attached hydrogens (tertiary/aromatic N) is 3. The molecule has 9 heterocycles. The summed E-state index contributed by atoms with van der Waals surface area (Å²) >= 11 is 0. The van der Waals surface area contributed by atoms with Crippen LogP contribution in [-0.2, 0) is 0 Å². The molecule has 0 atom stereocenters. The summed E-state index contributed by atoms with van der Waals surface area (Å²) in [5.41, 5.74) is 27.4. The minimum atomic E-state index is 0.879. The van der Waals surface area contributed by atoms with Gasteiger partial charge in [0.1, 0.15) is 66.8 Å². The van der Waals surface area contributed by atoms with Gasteiger partial charge < -0.3 is 40.2 Å². The number of hydrogen-bond acceptors (Lipinski definition) is 6. The minimum absolute atomic E-state index is 0.879. The molecule has 27 aromatic rings. The SMILES string of the molecule is c1ccc(-n2c3ccccc3c3oc4c(-c5ccc6c(c5)oc5ccc7ccccc7c56)cccc4c32)cc1.c1ccc(-n2c3ccccc3c3oc4ccc(-c5ccc6c(c5)oc5cc7ccccc7cc56)cc4c32)cc1.c1ccc(-n2c3ccccc3c3oc4cccc(-c5ccc6c(c5)oc5cc7ccccc7cc56)c4c32)cc1. The molecule has 18 aromatic carbocycles. The molecule has 0 spiro atoms. The number of hydrogen-bond donors (Lipinski definition) is 0. The Morgan fingerprint density at radius 2 is 0.547 bits per heavy atom. The lowest BCUT2D eigenvalue weighted by atomic mass is 9.99. The summed E-state index contributed by atoms with van der Waals surface area (Å²) in [6, 6.07) is 134. The largest absolute Gasteiger partial charge is 0.456 e. The summed E-state index contributed by atoms with van der Waals surface area (Å²) < 4.78 is 45.9. The number of furan rings is 6. The molecule has 9 heteroatoms. The number of para-hydroxylation sites is 7. The Morgan fingerprint density at radius 3 is 1.15 bits per heavy atom. The molecule has 546 valence electrons. The van der Waals surface area contributed by atoms with Crippen LogP contribution in [0.25, 0.3) is 247 Å². The molecule has 0 aliphatic rings. The summed E-state index contributed by atoms with van der Waals surface area (Å²) in [6.07, 6.45) is 0. The quantitative estimate of drug-likeness (QED) is 0.165. The Balaban J connectivity index is 0.0000000980. The van der Waals surface area contributed by atoms with Gasteiger partial charge in [0, 0.05) is 81.9 Å². The maximum atomic E-state index is 6.73. The van der Waals surface area contributed by atoms with Crippen LogP contribution in [0.3, 0.4) is 0 Å². The average molecular weight is 1500 g/mol. The number of fused-ring (bicyclic) bond motifs is 28. The van der Waals surface area contributed by atoms with Crippen molar-refractivity contribution in [2.45, 2.75) is 0 Å². The van der Waals surface area contributed by atoms with Crippen molar-refractivity contribution < 1.29 is 26.5 Å². The molecule has 0 aliphatic carbocycles. The molecule has 9 nitrogen and oxygen atoms in total. The van der Waals surface area contributed by atoms with Crippen molar-refractivity contribution in [2.75, 3.05) is 0 Å². The van der Waals surface area contributed by atoms with Crippen molar-refractivity contribution in [2.24, 2.45) is 0 Å². The smallest absolute Gasteiger partial charge is 0.161 e. The molecule has 0 saturated heterocycles. The molecule has 0 radical (unpaired) electrons. The fraction of sp³-hybridized carbons (Fsp3) is 0. The molecular weight excluding hydrogens is 1440 g/mol. The number of rotatable bonds is 6. The first-order chi connectivity index (χ1) is 58.0. The Morgan fingerprint density at radius 1 is 0.162 bits per heavy atom. The Labute approximate surface area is 665 Å². The van der Waals surface area contributed by atoms with E-state index in [1.807, 2.05) is 0 Å². The van der Waals surface area contributed by atoms with Gasteiger partial charge in [-0.3, -0.25) is 0 Å². The summed E-state index contributed by atoms with van der Waals surface area (Å²) in [5.74, 6) is 0. The highest BCUT2D eigenvalue weighted by Gasteiger charge is 2.26.